The van der Waals surface area contributed by atoms with Gasteiger partial charge < -0.3 is 0 Å². The third-order valence-corrected chi connectivity index (χ3v) is 5.72. The zero-order valence-electron chi connectivity index (χ0n) is 10.7. The van der Waals surface area contributed by atoms with Gasteiger partial charge in [-0.2, -0.15) is 0 Å². The van der Waals surface area contributed by atoms with Crippen LogP contribution in [0.5, 0.6) is 0 Å². The predicted octanol–water partition coefficient (Wildman–Crippen LogP) is 0.498. The summed E-state index contributed by atoms with van der Waals surface area (Å²) in [5, 5.41) is 0. The molecule has 106 valence electrons. The van der Waals surface area contributed by atoms with E-state index in [1.54, 1.807) is 12.1 Å². The fraction of sp³-hybridized carbons (Fsp3) is 0.500. The Morgan fingerprint density at radius 1 is 1.32 bits per heavy atom. The first-order valence-corrected chi connectivity index (χ1v) is 9.61. The van der Waals surface area contributed by atoms with Crippen LogP contribution in [0.25, 0.3) is 0 Å². The minimum absolute atomic E-state index is 0.217. The number of sulfonamides is 1. The molecule has 0 aliphatic carbocycles. The van der Waals surface area contributed by atoms with Gasteiger partial charge in [0.25, 0.3) is 0 Å². The fourth-order valence-corrected chi connectivity index (χ4v) is 4.28. The number of aryl methyl sites for hydroxylation is 1. The molecule has 0 saturated heterocycles. The van der Waals surface area contributed by atoms with E-state index in [1.165, 1.54) is 0 Å². The summed E-state index contributed by atoms with van der Waals surface area (Å²) >= 11 is 0. The Balaban J connectivity index is 2.14. The molecule has 2 rings (SSSR count). The summed E-state index contributed by atoms with van der Waals surface area (Å²) in [4.78, 5) is 0.429. The largest absolute Gasteiger partial charge is 0.224 e. The van der Waals surface area contributed by atoms with E-state index < -0.39 is 19.9 Å². The third-order valence-electron chi connectivity index (χ3n) is 3.10. The van der Waals surface area contributed by atoms with Crippen LogP contribution < -0.4 is 4.72 Å². The molecular weight excluding hydrogens is 286 g/mol. The third kappa shape index (κ3) is 3.77. The highest BCUT2D eigenvalue weighted by Gasteiger charge is 2.23. The smallest absolute Gasteiger partial charge is 0.208 e. The van der Waals surface area contributed by atoms with Gasteiger partial charge in [-0.05, 0) is 36.5 Å². The fourth-order valence-electron chi connectivity index (χ4n) is 2.23. The lowest BCUT2D eigenvalue weighted by molar-refractivity contribution is 0.586. The van der Waals surface area contributed by atoms with E-state index in [-0.39, 0.29) is 5.75 Å². The average Bonchev–Trinajstić information content (AvgIpc) is 2.26. The summed E-state index contributed by atoms with van der Waals surface area (Å²) in [5.74, 6) is 0.217. The minimum Gasteiger partial charge on any atom is -0.224 e. The molecule has 0 saturated carbocycles. The van der Waals surface area contributed by atoms with Crippen molar-refractivity contribution in [3.63, 3.8) is 0 Å². The number of rotatable bonds is 4. The molecule has 1 aliphatic heterocycles. The summed E-state index contributed by atoms with van der Waals surface area (Å²) < 4.78 is 48.0. The second-order valence-corrected chi connectivity index (χ2v) is 8.69. The molecule has 1 aliphatic rings. The first kappa shape index (κ1) is 14.5. The van der Waals surface area contributed by atoms with Crippen molar-refractivity contribution in [1.29, 1.82) is 0 Å². The predicted molar refractivity (Wildman–Crippen MR) is 73.4 cm³/mol. The van der Waals surface area contributed by atoms with E-state index in [2.05, 4.69) is 4.72 Å². The maximum Gasteiger partial charge on any atom is 0.208 e. The van der Waals surface area contributed by atoms with E-state index in [1.807, 2.05) is 6.07 Å². The molecule has 0 bridgehead atoms. The SMILES string of the molecule is CS(=O)(=O)NCCc1ccc2c(c1)CCCS2(=O)=O. The average molecular weight is 303 g/mol. The molecule has 0 radical (unpaired) electrons. The van der Waals surface area contributed by atoms with Gasteiger partial charge >= 0.3 is 0 Å². The molecule has 1 heterocycles. The normalized spacial score (nSPS) is 17.9. The lowest BCUT2D eigenvalue weighted by Gasteiger charge is -2.17. The van der Waals surface area contributed by atoms with Crippen molar-refractivity contribution in [3.05, 3.63) is 29.3 Å². The Bertz CT molecular complexity index is 678. The molecule has 0 unspecified atom stereocenters. The molecule has 1 aromatic rings. The number of sulfone groups is 1. The van der Waals surface area contributed by atoms with Gasteiger partial charge in [0.15, 0.2) is 9.84 Å². The Hall–Kier alpha value is -0.920. The summed E-state index contributed by atoms with van der Waals surface area (Å²) in [7, 11) is -6.29. The van der Waals surface area contributed by atoms with Gasteiger partial charge in [0.2, 0.25) is 10.0 Å². The first-order valence-electron chi connectivity index (χ1n) is 6.07. The van der Waals surface area contributed by atoms with E-state index in [9.17, 15) is 16.8 Å². The molecule has 1 aromatic carbocycles. The maximum absolute atomic E-state index is 11.8. The van der Waals surface area contributed by atoms with Crippen molar-refractivity contribution in [3.8, 4) is 0 Å². The van der Waals surface area contributed by atoms with Crippen LogP contribution in [0.3, 0.4) is 0 Å². The van der Waals surface area contributed by atoms with Crippen molar-refractivity contribution in [2.75, 3.05) is 18.6 Å². The second-order valence-electron chi connectivity index (χ2n) is 4.78. The molecule has 19 heavy (non-hydrogen) atoms. The molecular formula is C12H17NO4S2. The van der Waals surface area contributed by atoms with Gasteiger partial charge in [-0.1, -0.05) is 12.1 Å². The molecule has 5 nitrogen and oxygen atoms in total. The first-order chi connectivity index (χ1) is 8.78. The number of hydrogen-bond acceptors (Lipinski definition) is 4. The maximum atomic E-state index is 11.8. The number of hydrogen-bond donors (Lipinski definition) is 1. The molecule has 7 heteroatoms. The monoisotopic (exact) mass is 303 g/mol. The van der Waals surface area contributed by atoms with Crippen LogP contribution in [0.2, 0.25) is 0 Å². The number of benzene rings is 1. The quantitative estimate of drug-likeness (QED) is 0.878. The van der Waals surface area contributed by atoms with Crippen LogP contribution in [0.1, 0.15) is 17.5 Å². The van der Waals surface area contributed by atoms with E-state index in [0.717, 1.165) is 23.8 Å². The molecule has 0 aromatic heterocycles. The topological polar surface area (TPSA) is 80.3 Å². The Labute approximate surface area is 114 Å². The van der Waals surface area contributed by atoms with Gasteiger partial charge in [0.05, 0.1) is 16.9 Å². The van der Waals surface area contributed by atoms with Crippen LogP contribution in [0, 0.1) is 0 Å². The van der Waals surface area contributed by atoms with Gasteiger partial charge in [-0.3, -0.25) is 0 Å². The summed E-state index contributed by atoms with van der Waals surface area (Å²) in [5.41, 5.74) is 1.80. The summed E-state index contributed by atoms with van der Waals surface area (Å²) in [6.07, 6.45) is 3.09. The number of nitrogens with one attached hydrogen (secondary N) is 1. The Morgan fingerprint density at radius 3 is 2.74 bits per heavy atom. The van der Waals surface area contributed by atoms with Crippen LogP contribution in [0.4, 0.5) is 0 Å². The molecule has 0 spiro atoms. The van der Waals surface area contributed by atoms with Gasteiger partial charge in [-0.25, -0.2) is 21.6 Å². The van der Waals surface area contributed by atoms with Crippen molar-refractivity contribution >= 4 is 19.9 Å². The van der Waals surface area contributed by atoms with Crippen molar-refractivity contribution in [1.82, 2.24) is 4.72 Å². The van der Waals surface area contributed by atoms with Gasteiger partial charge in [0.1, 0.15) is 0 Å². The van der Waals surface area contributed by atoms with Crippen LogP contribution in [-0.4, -0.2) is 35.4 Å². The number of fused-ring (bicyclic) bond motifs is 1. The van der Waals surface area contributed by atoms with E-state index in [0.29, 0.717) is 24.3 Å². The Kier molecular flexibility index (Phi) is 3.98. The van der Waals surface area contributed by atoms with Crippen molar-refractivity contribution in [2.45, 2.75) is 24.2 Å². The molecule has 1 N–H and O–H groups in total. The standard InChI is InChI=1S/C12H17NO4S2/c1-18(14,15)13-7-6-10-4-5-12-11(9-10)3-2-8-19(12,16)17/h4-5,9,13H,2-3,6-8H2,1H3. The molecule has 0 fully saturated rings. The molecule has 0 amide bonds. The van der Waals surface area contributed by atoms with Gasteiger partial charge in [0, 0.05) is 6.54 Å². The Morgan fingerprint density at radius 2 is 2.05 bits per heavy atom. The van der Waals surface area contributed by atoms with Crippen molar-refractivity contribution in [2.24, 2.45) is 0 Å². The van der Waals surface area contributed by atoms with E-state index in [4.69, 9.17) is 0 Å². The highest BCUT2D eigenvalue weighted by Crippen LogP contribution is 2.25. The highest BCUT2D eigenvalue weighted by molar-refractivity contribution is 7.91. The lowest BCUT2D eigenvalue weighted by atomic mass is 10.0. The summed E-state index contributed by atoms with van der Waals surface area (Å²) in [6, 6.07) is 5.27. The lowest BCUT2D eigenvalue weighted by Crippen LogP contribution is -2.24. The second kappa shape index (κ2) is 5.22. The van der Waals surface area contributed by atoms with Crippen molar-refractivity contribution < 1.29 is 16.8 Å². The van der Waals surface area contributed by atoms with E-state index >= 15 is 0 Å². The highest BCUT2D eigenvalue weighted by atomic mass is 32.2. The van der Waals surface area contributed by atoms with Crippen LogP contribution in [0.15, 0.2) is 23.1 Å². The summed E-state index contributed by atoms with van der Waals surface area (Å²) in [6.45, 7) is 0.324. The van der Waals surface area contributed by atoms with Crippen LogP contribution >= 0.6 is 0 Å². The van der Waals surface area contributed by atoms with Crippen LogP contribution in [-0.2, 0) is 32.7 Å². The zero-order valence-corrected chi connectivity index (χ0v) is 12.4. The zero-order chi connectivity index (χ0) is 14.1. The minimum atomic E-state index is -3.18. The van der Waals surface area contributed by atoms with Gasteiger partial charge in [-0.15, -0.1) is 0 Å². The molecule has 0 atom stereocenters.